The maximum atomic E-state index is 5.66. The Labute approximate surface area is 109 Å². The highest BCUT2D eigenvalue weighted by Crippen LogP contribution is 2.10. The van der Waals surface area contributed by atoms with Crippen LogP contribution in [0.25, 0.3) is 0 Å². The minimum Gasteiger partial charge on any atom is -0.476 e. The highest BCUT2D eigenvalue weighted by molar-refractivity contribution is 5.27. The molecule has 0 radical (unpaired) electrons. The Kier molecular flexibility index (Phi) is 5.20. The Morgan fingerprint density at radius 2 is 2.22 bits per heavy atom. The minimum absolute atomic E-state index is 0.649. The third kappa shape index (κ3) is 4.14. The Balaban J connectivity index is 1.74. The molecule has 100 valence electrons. The van der Waals surface area contributed by atoms with Gasteiger partial charge in [0.05, 0.1) is 0 Å². The standard InChI is InChI=1S/C13H22N4O/c1-2-6-14-13-15-7-5-12(16-13)18-11-10-17-8-3-4-9-17/h5,7H,2-4,6,8-11H2,1H3,(H,14,15,16). The molecule has 0 saturated carbocycles. The van der Waals surface area contributed by atoms with E-state index in [9.17, 15) is 0 Å². The summed E-state index contributed by atoms with van der Waals surface area (Å²) >= 11 is 0. The summed E-state index contributed by atoms with van der Waals surface area (Å²) in [4.78, 5) is 10.9. The van der Waals surface area contributed by atoms with Gasteiger partial charge in [-0.15, -0.1) is 0 Å². The van der Waals surface area contributed by atoms with Crippen molar-refractivity contribution in [2.24, 2.45) is 0 Å². The van der Waals surface area contributed by atoms with Crippen molar-refractivity contribution in [3.63, 3.8) is 0 Å². The van der Waals surface area contributed by atoms with Gasteiger partial charge in [-0.3, -0.25) is 4.90 Å². The van der Waals surface area contributed by atoms with E-state index in [1.807, 2.05) is 0 Å². The van der Waals surface area contributed by atoms with Crippen molar-refractivity contribution in [1.82, 2.24) is 14.9 Å². The summed E-state index contributed by atoms with van der Waals surface area (Å²) in [7, 11) is 0. The van der Waals surface area contributed by atoms with Gasteiger partial charge in [0.1, 0.15) is 6.61 Å². The zero-order chi connectivity index (χ0) is 12.6. The molecule has 0 aromatic carbocycles. The predicted molar refractivity (Wildman–Crippen MR) is 72.0 cm³/mol. The second-order valence-electron chi connectivity index (χ2n) is 4.54. The van der Waals surface area contributed by atoms with Crippen molar-refractivity contribution in [3.05, 3.63) is 12.3 Å². The third-order valence-corrected chi connectivity index (χ3v) is 3.02. The van der Waals surface area contributed by atoms with Crippen molar-refractivity contribution in [2.45, 2.75) is 26.2 Å². The lowest BCUT2D eigenvalue weighted by atomic mass is 10.4. The van der Waals surface area contributed by atoms with Crippen LogP contribution in [0.4, 0.5) is 5.95 Å². The zero-order valence-corrected chi connectivity index (χ0v) is 11.1. The molecule has 1 saturated heterocycles. The number of likely N-dealkylation sites (tertiary alicyclic amines) is 1. The van der Waals surface area contributed by atoms with Gasteiger partial charge >= 0.3 is 0 Å². The number of hydrogen-bond donors (Lipinski definition) is 1. The highest BCUT2D eigenvalue weighted by Gasteiger charge is 2.10. The van der Waals surface area contributed by atoms with E-state index < -0.39 is 0 Å². The lowest BCUT2D eigenvalue weighted by molar-refractivity contribution is 0.232. The van der Waals surface area contributed by atoms with E-state index in [0.29, 0.717) is 18.4 Å². The fraction of sp³-hybridized carbons (Fsp3) is 0.692. The van der Waals surface area contributed by atoms with Gasteiger partial charge in [-0.1, -0.05) is 6.92 Å². The molecule has 1 aliphatic rings. The first-order chi connectivity index (χ1) is 8.88. The van der Waals surface area contributed by atoms with Gasteiger partial charge in [0.2, 0.25) is 11.8 Å². The largest absolute Gasteiger partial charge is 0.476 e. The molecular formula is C13H22N4O. The summed E-state index contributed by atoms with van der Waals surface area (Å²) in [6, 6.07) is 1.81. The Bertz CT molecular complexity index is 353. The van der Waals surface area contributed by atoms with E-state index in [1.165, 1.54) is 25.9 Å². The minimum atomic E-state index is 0.649. The summed E-state index contributed by atoms with van der Waals surface area (Å²) in [6.07, 6.45) is 5.43. The van der Waals surface area contributed by atoms with E-state index in [2.05, 4.69) is 27.1 Å². The van der Waals surface area contributed by atoms with Crippen molar-refractivity contribution < 1.29 is 4.74 Å². The molecule has 0 unspecified atom stereocenters. The normalized spacial score (nSPS) is 15.8. The molecular weight excluding hydrogens is 228 g/mol. The van der Waals surface area contributed by atoms with Crippen LogP contribution in [0.3, 0.4) is 0 Å². The lowest BCUT2D eigenvalue weighted by Crippen LogP contribution is -2.25. The van der Waals surface area contributed by atoms with Crippen LogP contribution in [0.15, 0.2) is 12.3 Å². The van der Waals surface area contributed by atoms with Crippen LogP contribution in [0.1, 0.15) is 26.2 Å². The molecule has 2 heterocycles. The fourth-order valence-electron chi connectivity index (χ4n) is 2.03. The van der Waals surface area contributed by atoms with Gasteiger partial charge in [-0.05, 0) is 32.4 Å². The van der Waals surface area contributed by atoms with Crippen molar-refractivity contribution in [3.8, 4) is 5.88 Å². The first-order valence-electron chi connectivity index (χ1n) is 6.80. The molecule has 1 aromatic heterocycles. The van der Waals surface area contributed by atoms with Crippen molar-refractivity contribution >= 4 is 5.95 Å². The van der Waals surface area contributed by atoms with Crippen LogP contribution in [0.5, 0.6) is 5.88 Å². The number of hydrogen-bond acceptors (Lipinski definition) is 5. The second kappa shape index (κ2) is 7.16. The molecule has 5 heteroatoms. The van der Waals surface area contributed by atoms with E-state index in [1.54, 1.807) is 12.3 Å². The van der Waals surface area contributed by atoms with Crippen molar-refractivity contribution in [2.75, 3.05) is 38.1 Å². The van der Waals surface area contributed by atoms with Gasteiger partial charge in [0.25, 0.3) is 0 Å². The summed E-state index contributed by atoms with van der Waals surface area (Å²) in [5.41, 5.74) is 0. The average Bonchev–Trinajstić information content (AvgIpc) is 2.90. The maximum absolute atomic E-state index is 5.66. The molecule has 2 rings (SSSR count). The molecule has 0 spiro atoms. The topological polar surface area (TPSA) is 50.3 Å². The molecule has 1 fully saturated rings. The van der Waals surface area contributed by atoms with Gasteiger partial charge in [0, 0.05) is 25.4 Å². The molecule has 0 amide bonds. The summed E-state index contributed by atoms with van der Waals surface area (Å²) in [5.74, 6) is 1.30. The predicted octanol–water partition coefficient (Wildman–Crippen LogP) is 1.77. The molecule has 1 aliphatic heterocycles. The number of nitrogens with one attached hydrogen (secondary N) is 1. The number of aromatic nitrogens is 2. The molecule has 0 atom stereocenters. The van der Waals surface area contributed by atoms with E-state index in [0.717, 1.165) is 19.5 Å². The SMILES string of the molecule is CCCNc1nccc(OCCN2CCCC2)n1. The highest BCUT2D eigenvalue weighted by atomic mass is 16.5. The molecule has 0 aliphatic carbocycles. The quantitative estimate of drug-likeness (QED) is 0.799. The van der Waals surface area contributed by atoms with Crippen LogP contribution in [-0.4, -0.2) is 47.7 Å². The molecule has 18 heavy (non-hydrogen) atoms. The van der Waals surface area contributed by atoms with Crippen LogP contribution >= 0.6 is 0 Å². The summed E-state index contributed by atoms with van der Waals surface area (Å²) in [6.45, 7) is 7.10. The lowest BCUT2D eigenvalue weighted by Gasteiger charge is -2.14. The molecule has 1 N–H and O–H groups in total. The number of ether oxygens (including phenoxy) is 1. The van der Waals surface area contributed by atoms with Crippen LogP contribution in [0.2, 0.25) is 0 Å². The van der Waals surface area contributed by atoms with Gasteiger partial charge < -0.3 is 10.1 Å². The number of anilines is 1. The van der Waals surface area contributed by atoms with Gasteiger partial charge in [0.15, 0.2) is 0 Å². The van der Waals surface area contributed by atoms with E-state index in [-0.39, 0.29) is 0 Å². The first-order valence-corrected chi connectivity index (χ1v) is 6.80. The monoisotopic (exact) mass is 250 g/mol. The van der Waals surface area contributed by atoms with E-state index in [4.69, 9.17) is 4.74 Å². The Morgan fingerprint density at radius 1 is 1.39 bits per heavy atom. The third-order valence-electron chi connectivity index (χ3n) is 3.02. The maximum Gasteiger partial charge on any atom is 0.225 e. The Hall–Kier alpha value is -1.36. The average molecular weight is 250 g/mol. The van der Waals surface area contributed by atoms with Crippen LogP contribution in [-0.2, 0) is 0 Å². The number of rotatable bonds is 7. The van der Waals surface area contributed by atoms with Crippen LogP contribution < -0.4 is 10.1 Å². The Morgan fingerprint density at radius 3 is 3.00 bits per heavy atom. The smallest absolute Gasteiger partial charge is 0.225 e. The second-order valence-corrected chi connectivity index (χ2v) is 4.54. The summed E-state index contributed by atoms with van der Waals surface area (Å²) < 4.78 is 5.66. The van der Waals surface area contributed by atoms with E-state index >= 15 is 0 Å². The molecule has 1 aromatic rings. The molecule has 0 bridgehead atoms. The molecule has 5 nitrogen and oxygen atoms in total. The van der Waals surface area contributed by atoms with Crippen LogP contribution in [0, 0.1) is 0 Å². The first kappa shape index (κ1) is 13.1. The zero-order valence-electron chi connectivity index (χ0n) is 11.1. The fourth-order valence-corrected chi connectivity index (χ4v) is 2.03. The van der Waals surface area contributed by atoms with Gasteiger partial charge in [-0.2, -0.15) is 4.98 Å². The summed E-state index contributed by atoms with van der Waals surface area (Å²) in [5, 5.41) is 3.15. The van der Waals surface area contributed by atoms with Crippen molar-refractivity contribution in [1.29, 1.82) is 0 Å². The van der Waals surface area contributed by atoms with Gasteiger partial charge in [-0.25, -0.2) is 4.98 Å². The number of nitrogens with zero attached hydrogens (tertiary/aromatic N) is 3.